The molecule has 1 N–H and O–H groups in total. The van der Waals surface area contributed by atoms with Crippen LogP contribution in [0.3, 0.4) is 0 Å². The van der Waals surface area contributed by atoms with Gasteiger partial charge in [0.25, 0.3) is 0 Å². The molecule has 0 bridgehead atoms. The number of hydrogen-bond acceptors (Lipinski definition) is 5. The van der Waals surface area contributed by atoms with Crippen molar-refractivity contribution in [3.63, 3.8) is 0 Å². The molecule has 0 saturated carbocycles. The molecule has 2 heterocycles. The summed E-state index contributed by atoms with van der Waals surface area (Å²) in [4.78, 5) is 26.0. The van der Waals surface area contributed by atoms with Gasteiger partial charge in [0, 0.05) is 25.2 Å². The average Bonchev–Trinajstić information content (AvgIpc) is 2.39. The Balaban J connectivity index is 2.15. The van der Waals surface area contributed by atoms with Crippen molar-refractivity contribution >= 4 is 29.0 Å². The first kappa shape index (κ1) is 13.7. The minimum absolute atomic E-state index is 0.0906. The molecule has 1 fully saturated rings. The molecule has 1 aromatic rings. The summed E-state index contributed by atoms with van der Waals surface area (Å²) in [5.74, 6) is -0.621. The van der Waals surface area contributed by atoms with E-state index in [0.717, 1.165) is 0 Å². The van der Waals surface area contributed by atoms with Gasteiger partial charge in [0.15, 0.2) is 0 Å². The Morgan fingerprint density at radius 3 is 2.79 bits per heavy atom. The van der Waals surface area contributed by atoms with Gasteiger partial charge in [-0.05, 0) is 18.9 Å². The second-order valence-corrected chi connectivity index (χ2v) is 4.52. The number of halogens is 1. The van der Waals surface area contributed by atoms with Gasteiger partial charge in [0.05, 0.1) is 4.92 Å². The van der Waals surface area contributed by atoms with E-state index < -0.39 is 4.92 Å². The summed E-state index contributed by atoms with van der Waals surface area (Å²) in [6.45, 7) is 1.03. The Bertz CT molecular complexity index is 503. The highest BCUT2D eigenvalue weighted by Gasteiger charge is 2.25. The van der Waals surface area contributed by atoms with E-state index in [9.17, 15) is 14.9 Å². The number of carbonyl (C=O) groups is 1. The third-order valence-corrected chi connectivity index (χ3v) is 3.08. The van der Waals surface area contributed by atoms with Gasteiger partial charge in [0.1, 0.15) is 5.15 Å². The molecule has 8 heteroatoms. The van der Waals surface area contributed by atoms with Crippen molar-refractivity contribution in [2.75, 3.05) is 18.5 Å². The fraction of sp³-hybridized carbons (Fsp3) is 0.455. The maximum absolute atomic E-state index is 12.0. The van der Waals surface area contributed by atoms with Crippen LogP contribution in [0.5, 0.6) is 0 Å². The predicted molar refractivity (Wildman–Crippen MR) is 68.1 cm³/mol. The van der Waals surface area contributed by atoms with Crippen LogP contribution in [0.1, 0.15) is 12.8 Å². The lowest BCUT2D eigenvalue weighted by molar-refractivity contribution is -0.384. The normalized spacial score (nSPS) is 16.1. The van der Waals surface area contributed by atoms with Crippen molar-refractivity contribution in [3.8, 4) is 0 Å². The molecule has 1 amide bonds. The van der Waals surface area contributed by atoms with E-state index in [1.165, 1.54) is 12.1 Å². The van der Waals surface area contributed by atoms with Crippen molar-refractivity contribution in [1.82, 2.24) is 4.98 Å². The predicted octanol–water partition coefficient (Wildman–Crippen LogP) is 2.01. The van der Waals surface area contributed by atoms with E-state index in [4.69, 9.17) is 16.3 Å². The highest BCUT2D eigenvalue weighted by Crippen LogP contribution is 2.25. The summed E-state index contributed by atoms with van der Waals surface area (Å²) in [5.41, 5.74) is -0.273. The summed E-state index contributed by atoms with van der Waals surface area (Å²) in [6.07, 6.45) is 1.19. The summed E-state index contributed by atoms with van der Waals surface area (Å²) < 4.78 is 5.16. The molecular weight excluding hydrogens is 274 g/mol. The first-order chi connectivity index (χ1) is 9.08. The molecule has 1 aliphatic rings. The number of hydrogen-bond donors (Lipinski definition) is 1. The Hall–Kier alpha value is -1.73. The van der Waals surface area contributed by atoms with Crippen molar-refractivity contribution in [3.05, 3.63) is 27.4 Å². The largest absolute Gasteiger partial charge is 0.381 e. The van der Waals surface area contributed by atoms with Gasteiger partial charge in [-0.25, -0.2) is 4.98 Å². The molecule has 0 aliphatic carbocycles. The van der Waals surface area contributed by atoms with E-state index in [0.29, 0.717) is 26.1 Å². The van der Waals surface area contributed by atoms with Crippen LogP contribution >= 0.6 is 11.6 Å². The summed E-state index contributed by atoms with van der Waals surface area (Å²) >= 11 is 5.69. The third-order valence-electron chi connectivity index (χ3n) is 2.87. The Morgan fingerprint density at radius 2 is 2.16 bits per heavy atom. The molecule has 19 heavy (non-hydrogen) atoms. The van der Waals surface area contributed by atoms with Crippen molar-refractivity contribution in [1.29, 1.82) is 0 Å². The van der Waals surface area contributed by atoms with Crippen molar-refractivity contribution in [2.45, 2.75) is 12.8 Å². The van der Waals surface area contributed by atoms with Crippen molar-refractivity contribution < 1.29 is 14.5 Å². The van der Waals surface area contributed by atoms with Gasteiger partial charge in [-0.15, -0.1) is 0 Å². The number of amides is 1. The van der Waals surface area contributed by atoms with Crippen LogP contribution in [0.2, 0.25) is 5.15 Å². The topological polar surface area (TPSA) is 94.4 Å². The zero-order valence-corrected chi connectivity index (χ0v) is 10.7. The molecule has 0 radical (unpaired) electrons. The van der Waals surface area contributed by atoms with Crippen LogP contribution in [0.4, 0.5) is 11.5 Å². The van der Waals surface area contributed by atoms with E-state index in [-0.39, 0.29) is 28.5 Å². The Labute approximate surface area is 114 Å². The summed E-state index contributed by atoms with van der Waals surface area (Å²) in [5, 5.41) is 13.4. The molecule has 1 saturated heterocycles. The molecule has 0 unspecified atom stereocenters. The quantitative estimate of drug-likeness (QED) is 0.521. The number of nitrogens with zero attached hydrogens (tertiary/aromatic N) is 2. The number of pyridine rings is 1. The third kappa shape index (κ3) is 3.39. The summed E-state index contributed by atoms with van der Waals surface area (Å²) in [6, 6.07) is 2.53. The molecule has 1 aromatic heterocycles. The molecular formula is C11H12ClN3O4. The van der Waals surface area contributed by atoms with Crippen molar-refractivity contribution in [2.24, 2.45) is 5.92 Å². The molecule has 0 atom stereocenters. The fourth-order valence-electron chi connectivity index (χ4n) is 1.85. The molecule has 1 aliphatic heterocycles. The van der Waals surface area contributed by atoms with Crippen LogP contribution in [0, 0.1) is 16.0 Å². The van der Waals surface area contributed by atoms with Crippen LogP contribution < -0.4 is 5.32 Å². The zero-order chi connectivity index (χ0) is 13.8. The second-order valence-electron chi connectivity index (χ2n) is 4.13. The maximum Gasteiger partial charge on any atom is 0.311 e. The number of carbonyl (C=O) groups excluding carboxylic acids is 1. The highest BCUT2D eigenvalue weighted by molar-refractivity contribution is 6.29. The number of rotatable bonds is 3. The van der Waals surface area contributed by atoms with E-state index in [1.54, 1.807) is 0 Å². The maximum atomic E-state index is 12.0. The lowest BCUT2D eigenvalue weighted by Crippen LogP contribution is -2.29. The van der Waals surface area contributed by atoms with Gasteiger partial charge < -0.3 is 10.1 Å². The van der Waals surface area contributed by atoms with Crippen LogP contribution in [-0.2, 0) is 9.53 Å². The number of anilines is 1. The van der Waals surface area contributed by atoms with Gasteiger partial charge >= 0.3 is 5.69 Å². The first-order valence-corrected chi connectivity index (χ1v) is 6.15. The fourth-order valence-corrected chi connectivity index (χ4v) is 1.99. The number of nitrogens with one attached hydrogen (secondary N) is 1. The van der Waals surface area contributed by atoms with Gasteiger partial charge in [-0.3, -0.25) is 14.9 Å². The Kier molecular flexibility index (Phi) is 4.28. The highest BCUT2D eigenvalue weighted by atomic mass is 35.5. The minimum atomic E-state index is -0.608. The number of aromatic nitrogens is 1. The lowest BCUT2D eigenvalue weighted by atomic mass is 9.99. The lowest BCUT2D eigenvalue weighted by Gasteiger charge is -2.20. The molecule has 0 aromatic carbocycles. The monoisotopic (exact) mass is 285 g/mol. The van der Waals surface area contributed by atoms with Crippen LogP contribution in [0.15, 0.2) is 12.1 Å². The van der Waals surface area contributed by atoms with E-state index in [1.807, 2.05) is 0 Å². The van der Waals surface area contributed by atoms with Gasteiger partial charge in [-0.2, -0.15) is 0 Å². The van der Waals surface area contributed by atoms with E-state index in [2.05, 4.69) is 10.3 Å². The standard InChI is InChI=1S/C11H12ClN3O4/c12-9-2-1-8(15(17)18)10(13-9)14-11(16)7-3-5-19-6-4-7/h1-2,7H,3-6H2,(H,13,14,16). The Morgan fingerprint density at radius 1 is 1.47 bits per heavy atom. The second kappa shape index (κ2) is 5.94. The summed E-state index contributed by atoms with van der Waals surface area (Å²) in [7, 11) is 0. The number of ether oxygens (including phenoxy) is 1. The number of nitro groups is 1. The molecule has 0 spiro atoms. The SMILES string of the molecule is O=C(Nc1nc(Cl)ccc1[N+](=O)[O-])C1CCOCC1. The molecule has 7 nitrogen and oxygen atoms in total. The van der Waals surface area contributed by atoms with Gasteiger partial charge in [-0.1, -0.05) is 11.6 Å². The van der Waals surface area contributed by atoms with Gasteiger partial charge in [0.2, 0.25) is 11.7 Å². The molecule has 2 rings (SSSR count). The van der Waals surface area contributed by atoms with E-state index >= 15 is 0 Å². The smallest absolute Gasteiger partial charge is 0.311 e. The van der Waals surface area contributed by atoms with Crippen LogP contribution in [0.25, 0.3) is 0 Å². The first-order valence-electron chi connectivity index (χ1n) is 5.77. The molecule has 102 valence electrons. The zero-order valence-electron chi connectivity index (χ0n) is 9.97. The average molecular weight is 286 g/mol. The van der Waals surface area contributed by atoms with Crippen LogP contribution in [-0.4, -0.2) is 29.0 Å². The minimum Gasteiger partial charge on any atom is -0.381 e.